The van der Waals surface area contributed by atoms with Gasteiger partial charge in [0.1, 0.15) is 11.6 Å². The average molecular weight is 330 g/mol. The van der Waals surface area contributed by atoms with Crippen LogP contribution in [0, 0.1) is 18.8 Å². The predicted molar refractivity (Wildman–Crippen MR) is 76.5 cm³/mol. The van der Waals surface area contributed by atoms with Crippen LogP contribution in [0.4, 0.5) is 13.2 Å². The second-order valence-electron chi connectivity index (χ2n) is 6.56. The van der Waals surface area contributed by atoms with Crippen molar-refractivity contribution in [1.82, 2.24) is 20.1 Å². The standard InChI is InChI=1S/C15H21F3N4O/c1-9-20-21-13-7-6-10(8-22(9)13)19-14(23)11-4-2-3-5-12(11)15(16,17)18/h10-12H,2-8H2,1H3,(H,19,23). The van der Waals surface area contributed by atoms with Gasteiger partial charge >= 0.3 is 6.18 Å². The summed E-state index contributed by atoms with van der Waals surface area (Å²) in [5.41, 5.74) is 0. The molecule has 0 spiro atoms. The van der Waals surface area contributed by atoms with E-state index < -0.39 is 23.9 Å². The highest BCUT2D eigenvalue weighted by Crippen LogP contribution is 2.41. The topological polar surface area (TPSA) is 59.8 Å². The molecule has 5 nitrogen and oxygen atoms in total. The number of carbonyl (C=O) groups is 1. The molecule has 8 heteroatoms. The van der Waals surface area contributed by atoms with E-state index in [1.807, 2.05) is 11.5 Å². The fraction of sp³-hybridized carbons (Fsp3) is 0.800. The summed E-state index contributed by atoms with van der Waals surface area (Å²) < 4.78 is 41.3. The Morgan fingerprint density at radius 2 is 1.96 bits per heavy atom. The van der Waals surface area contributed by atoms with Gasteiger partial charge in [0.15, 0.2) is 0 Å². The van der Waals surface area contributed by atoms with E-state index >= 15 is 0 Å². The number of aryl methyl sites for hydroxylation is 2. The third-order valence-electron chi connectivity index (χ3n) is 5.00. The van der Waals surface area contributed by atoms with Crippen LogP contribution in [0.15, 0.2) is 0 Å². The molecule has 0 bridgehead atoms. The van der Waals surface area contributed by atoms with Crippen LogP contribution in [-0.2, 0) is 17.8 Å². The van der Waals surface area contributed by atoms with Gasteiger partial charge in [0.05, 0.1) is 5.92 Å². The molecular weight excluding hydrogens is 309 g/mol. The van der Waals surface area contributed by atoms with Gasteiger partial charge in [-0.3, -0.25) is 4.79 Å². The van der Waals surface area contributed by atoms with Crippen molar-refractivity contribution < 1.29 is 18.0 Å². The first-order valence-corrected chi connectivity index (χ1v) is 8.12. The molecule has 0 saturated heterocycles. The summed E-state index contributed by atoms with van der Waals surface area (Å²) in [6, 6.07) is -0.152. The summed E-state index contributed by atoms with van der Waals surface area (Å²) in [5, 5.41) is 10.9. The monoisotopic (exact) mass is 330 g/mol. The molecule has 0 aromatic carbocycles. The molecule has 128 valence electrons. The number of hydrogen-bond acceptors (Lipinski definition) is 3. The molecule has 1 aromatic rings. The first-order chi connectivity index (χ1) is 10.9. The summed E-state index contributed by atoms with van der Waals surface area (Å²) in [7, 11) is 0. The molecular formula is C15H21F3N4O. The first kappa shape index (κ1) is 16.3. The molecule has 1 aromatic heterocycles. The zero-order valence-electron chi connectivity index (χ0n) is 13.1. The van der Waals surface area contributed by atoms with Gasteiger partial charge in [0.2, 0.25) is 5.91 Å². The molecule has 1 aliphatic heterocycles. The van der Waals surface area contributed by atoms with Crippen LogP contribution >= 0.6 is 0 Å². The van der Waals surface area contributed by atoms with Gasteiger partial charge in [-0.15, -0.1) is 10.2 Å². The van der Waals surface area contributed by atoms with E-state index in [0.717, 1.165) is 11.6 Å². The maximum Gasteiger partial charge on any atom is 0.392 e. The Morgan fingerprint density at radius 3 is 2.70 bits per heavy atom. The average Bonchev–Trinajstić information content (AvgIpc) is 2.87. The van der Waals surface area contributed by atoms with Crippen molar-refractivity contribution >= 4 is 5.91 Å². The van der Waals surface area contributed by atoms with Gasteiger partial charge in [-0.05, 0) is 26.2 Å². The molecule has 2 aliphatic rings. The van der Waals surface area contributed by atoms with Crippen LogP contribution < -0.4 is 5.32 Å². The summed E-state index contributed by atoms with van der Waals surface area (Å²) in [6.45, 7) is 2.37. The van der Waals surface area contributed by atoms with Crippen molar-refractivity contribution in [3.05, 3.63) is 11.6 Å². The molecule has 0 radical (unpaired) electrons. The lowest BCUT2D eigenvalue weighted by Crippen LogP contribution is -2.48. The van der Waals surface area contributed by atoms with Gasteiger partial charge in [-0.2, -0.15) is 13.2 Å². The molecule has 1 saturated carbocycles. The quantitative estimate of drug-likeness (QED) is 0.906. The first-order valence-electron chi connectivity index (χ1n) is 8.12. The van der Waals surface area contributed by atoms with Crippen molar-refractivity contribution in [2.45, 2.75) is 64.2 Å². The number of nitrogens with zero attached hydrogens (tertiary/aromatic N) is 3. The molecule has 1 aliphatic carbocycles. The van der Waals surface area contributed by atoms with E-state index in [1.54, 1.807) is 0 Å². The smallest absolute Gasteiger partial charge is 0.351 e. The predicted octanol–water partition coefficient (Wildman–Crippen LogP) is 2.39. The van der Waals surface area contributed by atoms with E-state index in [0.29, 0.717) is 38.6 Å². The Hall–Kier alpha value is -1.60. The second kappa shape index (κ2) is 6.13. The van der Waals surface area contributed by atoms with Gasteiger partial charge in [-0.1, -0.05) is 12.8 Å². The Morgan fingerprint density at radius 1 is 1.22 bits per heavy atom. The van der Waals surface area contributed by atoms with Crippen LogP contribution in [0.2, 0.25) is 0 Å². The summed E-state index contributed by atoms with van der Waals surface area (Å²) in [5.74, 6) is -1.27. The SMILES string of the molecule is Cc1nnc2n1CC(NC(=O)C1CCCCC1C(F)(F)F)CC2. The van der Waals surface area contributed by atoms with E-state index in [9.17, 15) is 18.0 Å². The Balaban J connectivity index is 1.66. The highest BCUT2D eigenvalue weighted by atomic mass is 19.4. The number of amides is 1. The Labute approximate surface area is 132 Å². The van der Waals surface area contributed by atoms with Crippen LogP contribution in [0.1, 0.15) is 43.8 Å². The maximum absolute atomic E-state index is 13.1. The summed E-state index contributed by atoms with van der Waals surface area (Å²) in [6.07, 6.45) is -1.33. The molecule has 1 N–H and O–H groups in total. The zero-order valence-corrected chi connectivity index (χ0v) is 13.1. The molecule has 1 amide bonds. The van der Waals surface area contributed by atoms with Crippen molar-refractivity contribution in [3.8, 4) is 0 Å². The molecule has 23 heavy (non-hydrogen) atoms. The second-order valence-corrected chi connectivity index (χ2v) is 6.56. The molecule has 3 rings (SSSR count). The van der Waals surface area contributed by atoms with Crippen LogP contribution in [0.5, 0.6) is 0 Å². The van der Waals surface area contributed by atoms with Crippen LogP contribution in [0.25, 0.3) is 0 Å². The molecule has 3 unspecified atom stereocenters. The number of halogens is 3. The lowest BCUT2D eigenvalue weighted by Gasteiger charge is -2.34. The Bertz CT molecular complexity index is 584. The fourth-order valence-electron chi connectivity index (χ4n) is 3.72. The number of nitrogens with one attached hydrogen (secondary N) is 1. The highest BCUT2D eigenvalue weighted by molar-refractivity contribution is 5.79. The number of aromatic nitrogens is 3. The van der Waals surface area contributed by atoms with Crippen molar-refractivity contribution in [1.29, 1.82) is 0 Å². The minimum atomic E-state index is -4.30. The van der Waals surface area contributed by atoms with E-state index in [-0.39, 0.29) is 12.5 Å². The Kier molecular flexibility index (Phi) is 4.33. The van der Waals surface area contributed by atoms with E-state index in [1.165, 1.54) is 0 Å². The van der Waals surface area contributed by atoms with Crippen molar-refractivity contribution in [3.63, 3.8) is 0 Å². The summed E-state index contributed by atoms with van der Waals surface area (Å²) in [4.78, 5) is 12.4. The maximum atomic E-state index is 13.1. The van der Waals surface area contributed by atoms with Gasteiger partial charge in [0, 0.05) is 24.9 Å². The number of alkyl halides is 3. The van der Waals surface area contributed by atoms with E-state index in [4.69, 9.17) is 0 Å². The molecule has 2 heterocycles. The molecule has 3 atom stereocenters. The van der Waals surface area contributed by atoms with Gasteiger partial charge < -0.3 is 9.88 Å². The normalized spacial score (nSPS) is 28.3. The van der Waals surface area contributed by atoms with Crippen LogP contribution in [0.3, 0.4) is 0 Å². The number of rotatable bonds is 2. The molecule has 1 fully saturated rings. The number of hydrogen-bond donors (Lipinski definition) is 1. The van der Waals surface area contributed by atoms with Gasteiger partial charge in [-0.25, -0.2) is 0 Å². The lowest BCUT2D eigenvalue weighted by atomic mass is 9.78. The van der Waals surface area contributed by atoms with E-state index in [2.05, 4.69) is 15.5 Å². The van der Waals surface area contributed by atoms with Gasteiger partial charge in [0.25, 0.3) is 0 Å². The minimum Gasteiger partial charge on any atom is -0.351 e. The van der Waals surface area contributed by atoms with Crippen molar-refractivity contribution in [2.75, 3.05) is 0 Å². The largest absolute Gasteiger partial charge is 0.392 e. The third kappa shape index (κ3) is 3.35. The zero-order chi connectivity index (χ0) is 16.6. The third-order valence-corrected chi connectivity index (χ3v) is 5.00. The number of carbonyl (C=O) groups excluding carboxylic acids is 1. The fourth-order valence-corrected chi connectivity index (χ4v) is 3.72. The summed E-state index contributed by atoms with van der Waals surface area (Å²) >= 11 is 0. The number of fused-ring (bicyclic) bond motifs is 1. The highest BCUT2D eigenvalue weighted by Gasteiger charge is 2.48. The lowest BCUT2D eigenvalue weighted by molar-refractivity contribution is -0.198. The van der Waals surface area contributed by atoms with Crippen molar-refractivity contribution in [2.24, 2.45) is 11.8 Å². The van der Waals surface area contributed by atoms with Crippen LogP contribution in [-0.4, -0.2) is 32.9 Å². The minimum absolute atomic E-state index is 0.0565.